The quantitative estimate of drug-likeness (QED) is 0.239. The average molecular weight is 496 g/mol. The van der Waals surface area contributed by atoms with Gasteiger partial charge in [0.15, 0.2) is 11.5 Å². The van der Waals surface area contributed by atoms with Crippen molar-refractivity contribution in [3.05, 3.63) is 120 Å². The summed E-state index contributed by atoms with van der Waals surface area (Å²) >= 11 is 0. The molecule has 0 bridgehead atoms. The van der Waals surface area contributed by atoms with Crippen LogP contribution in [0, 0.1) is 0 Å². The van der Waals surface area contributed by atoms with E-state index in [4.69, 9.17) is 9.47 Å². The van der Waals surface area contributed by atoms with E-state index < -0.39 is 12.0 Å². The van der Waals surface area contributed by atoms with Crippen LogP contribution in [0.2, 0.25) is 0 Å². The third kappa shape index (κ3) is 6.19. The van der Waals surface area contributed by atoms with Gasteiger partial charge in [0.05, 0.1) is 20.6 Å². The molecule has 4 aromatic carbocycles. The fourth-order valence-electron chi connectivity index (χ4n) is 4.84. The van der Waals surface area contributed by atoms with E-state index in [2.05, 4.69) is 36.1 Å². The molecule has 0 fully saturated rings. The van der Waals surface area contributed by atoms with Gasteiger partial charge in [0.25, 0.3) is 0 Å². The molecule has 37 heavy (non-hydrogen) atoms. The van der Waals surface area contributed by atoms with Gasteiger partial charge in [-0.15, -0.1) is 0 Å². The molecular weight excluding hydrogens is 462 g/mol. The fraction of sp³-hybridized carbons (Fsp3) is 0.219. The maximum Gasteiger partial charge on any atom is 0.305 e. The predicted octanol–water partition coefficient (Wildman–Crippen LogP) is 7.15. The highest BCUT2D eigenvalue weighted by Crippen LogP contribution is 2.43. The zero-order valence-electron chi connectivity index (χ0n) is 21.5. The highest BCUT2D eigenvalue weighted by molar-refractivity contribution is 5.75. The molecule has 0 aliphatic carbocycles. The van der Waals surface area contributed by atoms with Crippen LogP contribution in [0.1, 0.15) is 42.1 Å². The minimum absolute atomic E-state index is 0.0426. The normalized spacial score (nSPS) is 12.6. The molecule has 0 aliphatic rings. The summed E-state index contributed by atoms with van der Waals surface area (Å²) < 4.78 is 11.5. The summed E-state index contributed by atoms with van der Waals surface area (Å²) in [6, 6.07) is 33.8. The lowest BCUT2D eigenvalue weighted by Crippen LogP contribution is -2.33. The first-order chi connectivity index (χ1) is 18.0. The summed E-state index contributed by atoms with van der Waals surface area (Å²) in [5.74, 6) is 0.331. The number of carboxylic acid groups (broad SMARTS) is 1. The van der Waals surface area contributed by atoms with Crippen molar-refractivity contribution >= 4 is 5.97 Å². The average Bonchev–Trinajstić information content (AvgIpc) is 2.95. The number of aliphatic carboxylic acids is 1. The summed E-state index contributed by atoms with van der Waals surface area (Å²) in [7, 11) is 3.23. The summed E-state index contributed by atoms with van der Waals surface area (Å²) in [5, 5.41) is 10.0. The van der Waals surface area contributed by atoms with Gasteiger partial charge < -0.3 is 14.6 Å². The molecule has 0 aliphatic heterocycles. The predicted molar refractivity (Wildman–Crippen MR) is 147 cm³/mol. The van der Waals surface area contributed by atoms with Gasteiger partial charge in [-0.1, -0.05) is 91.0 Å². The second kappa shape index (κ2) is 12.2. The number of benzene rings is 4. The summed E-state index contributed by atoms with van der Waals surface area (Å²) in [6.45, 7) is 2.72. The number of carbonyl (C=O) groups is 1. The van der Waals surface area contributed by atoms with Gasteiger partial charge in [-0.25, -0.2) is 0 Å². The van der Waals surface area contributed by atoms with Crippen molar-refractivity contribution in [1.29, 1.82) is 0 Å². The second-order valence-electron chi connectivity index (χ2n) is 9.03. The van der Waals surface area contributed by atoms with E-state index in [1.807, 2.05) is 78.9 Å². The van der Waals surface area contributed by atoms with Crippen LogP contribution < -0.4 is 9.47 Å². The first-order valence-corrected chi connectivity index (χ1v) is 12.4. The zero-order chi connectivity index (χ0) is 26.2. The van der Waals surface area contributed by atoms with E-state index in [9.17, 15) is 9.90 Å². The van der Waals surface area contributed by atoms with E-state index >= 15 is 0 Å². The Hall–Kier alpha value is -4.09. The number of methoxy groups -OCH3 is 2. The number of rotatable bonds is 11. The largest absolute Gasteiger partial charge is 0.493 e. The Morgan fingerprint density at radius 1 is 0.811 bits per heavy atom. The molecule has 5 nitrogen and oxygen atoms in total. The Labute approximate surface area is 218 Å². The number of hydrogen-bond acceptors (Lipinski definition) is 4. The lowest BCUT2D eigenvalue weighted by molar-refractivity contribution is -0.138. The first-order valence-electron chi connectivity index (χ1n) is 12.4. The molecule has 0 radical (unpaired) electrons. The Morgan fingerprint density at radius 2 is 1.41 bits per heavy atom. The van der Waals surface area contributed by atoms with Crippen molar-refractivity contribution in [2.24, 2.45) is 0 Å². The van der Waals surface area contributed by atoms with Crippen LogP contribution in [-0.2, 0) is 11.3 Å². The molecule has 4 rings (SSSR count). The van der Waals surface area contributed by atoms with Gasteiger partial charge >= 0.3 is 5.97 Å². The van der Waals surface area contributed by atoms with Gasteiger partial charge in [-0.05, 0) is 41.3 Å². The van der Waals surface area contributed by atoms with Crippen LogP contribution in [0.25, 0.3) is 11.1 Å². The van der Waals surface area contributed by atoms with Crippen LogP contribution >= 0.6 is 0 Å². The first kappa shape index (κ1) is 26.0. The highest BCUT2D eigenvalue weighted by atomic mass is 16.5. The Bertz CT molecular complexity index is 1290. The number of hydrogen-bond donors (Lipinski definition) is 1. The minimum Gasteiger partial charge on any atom is -0.493 e. The fourth-order valence-corrected chi connectivity index (χ4v) is 4.84. The maximum absolute atomic E-state index is 12.2. The van der Waals surface area contributed by atoms with Gasteiger partial charge in [-0.2, -0.15) is 0 Å². The van der Waals surface area contributed by atoms with Crippen molar-refractivity contribution in [3.63, 3.8) is 0 Å². The van der Waals surface area contributed by atoms with Gasteiger partial charge in [0, 0.05) is 24.2 Å². The van der Waals surface area contributed by atoms with Crippen molar-refractivity contribution in [2.45, 2.75) is 32.0 Å². The molecule has 4 aromatic rings. The Morgan fingerprint density at radius 3 is 1.97 bits per heavy atom. The topological polar surface area (TPSA) is 59.0 Å². The molecule has 0 spiro atoms. The smallest absolute Gasteiger partial charge is 0.305 e. The number of ether oxygens (including phenoxy) is 2. The van der Waals surface area contributed by atoms with Crippen LogP contribution in [0.15, 0.2) is 103 Å². The molecule has 2 unspecified atom stereocenters. The van der Waals surface area contributed by atoms with Crippen LogP contribution in [0.5, 0.6) is 11.5 Å². The van der Waals surface area contributed by atoms with Crippen molar-refractivity contribution in [2.75, 3.05) is 14.2 Å². The Balaban J connectivity index is 1.89. The number of carboxylic acids is 1. The molecule has 0 saturated carbocycles. The molecular formula is C32H33NO4. The van der Waals surface area contributed by atoms with E-state index in [1.165, 1.54) is 0 Å². The minimum atomic E-state index is -0.862. The Kier molecular flexibility index (Phi) is 8.60. The molecule has 0 amide bonds. The molecule has 1 N–H and O–H groups in total. The molecule has 5 heteroatoms. The van der Waals surface area contributed by atoms with E-state index in [1.54, 1.807) is 14.2 Å². The van der Waals surface area contributed by atoms with E-state index in [0.29, 0.717) is 18.0 Å². The SMILES string of the molecule is COc1cc(C(CC(=O)O)N(Cc2ccccc2)C(C)c2ccccc2)cc(-c2ccccc2)c1OC. The second-order valence-corrected chi connectivity index (χ2v) is 9.03. The van der Waals surface area contributed by atoms with Crippen LogP contribution in [0.3, 0.4) is 0 Å². The standard InChI is InChI=1S/C32H33NO4/c1-23(25-15-9-5-10-16-25)33(22-24-13-7-4-8-14-24)29(21-31(34)35)27-19-28(26-17-11-6-12-18-26)32(37-3)30(20-27)36-2/h4-20,23,29H,21-22H2,1-3H3,(H,34,35). The maximum atomic E-state index is 12.2. The lowest BCUT2D eigenvalue weighted by atomic mass is 9.93. The van der Waals surface area contributed by atoms with Gasteiger partial charge in [-0.3, -0.25) is 9.69 Å². The van der Waals surface area contributed by atoms with Crippen molar-refractivity contribution in [3.8, 4) is 22.6 Å². The monoisotopic (exact) mass is 495 g/mol. The third-order valence-corrected chi connectivity index (χ3v) is 6.73. The lowest BCUT2D eigenvalue weighted by Gasteiger charge is -2.37. The zero-order valence-corrected chi connectivity index (χ0v) is 21.5. The summed E-state index contributed by atoms with van der Waals surface area (Å²) in [4.78, 5) is 14.5. The van der Waals surface area contributed by atoms with E-state index in [-0.39, 0.29) is 12.5 Å². The van der Waals surface area contributed by atoms with Crippen molar-refractivity contribution < 1.29 is 19.4 Å². The van der Waals surface area contributed by atoms with E-state index in [0.717, 1.165) is 27.8 Å². The third-order valence-electron chi connectivity index (χ3n) is 6.73. The highest BCUT2D eigenvalue weighted by Gasteiger charge is 2.30. The molecule has 2 atom stereocenters. The van der Waals surface area contributed by atoms with Gasteiger partial charge in [0.2, 0.25) is 0 Å². The van der Waals surface area contributed by atoms with Crippen molar-refractivity contribution in [1.82, 2.24) is 4.90 Å². The summed E-state index contributed by atoms with van der Waals surface area (Å²) in [6.07, 6.45) is -0.0618. The number of nitrogens with zero attached hydrogens (tertiary/aromatic N) is 1. The molecule has 0 saturated heterocycles. The molecule has 190 valence electrons. The van der Waals surface area contributed by atoms with Crippen LogP contribution in [-0.4, -0.2) is 30.2 Å². The molecule has 0 heterocycles. The van der Waals surface area contributed by atoms with Gasteiger partial charge in [0.1, 0.15) is 0 Å². The van der Waals surface area contributed by atoms with Crippen LogP contribution in [0.4, 0.5) is 0 Å². The summed E-state index contributed by atoms with van der Waals surface area (Å²) in [5.41, 5.74) is 4.93. The molecule has 0 aromatic heterocycles.